The van der Waals surface area contributed by atoms with E-state index in [0.29, 0.717) is 18.7 Å². The second kappa shape index (κ2) is 6.37. The molecule has 0 aromatic carbocycles. The van der Waals surface area contributed by atoms with Crippen LogP contribution < -0.4 is 0 Å². The summed E-state index contributed by atoms with van der Waals surface area (Å²) >= 11 is 0. The fourth-order valence-electron chi connectivity index (χ4n) is 3.28. The van der Waals surface area contributed by atoms with E-state index in [1.54, 1.807) is 6.26 Å². The van der Waals surface area contributed by atoms with Gasteiger partial charge in [0.15, 0.2) is 0 Å². The van der Waals surface area contributed by atoms with Crippen LogP contribution in [0.3, 0.4) is 0 Å². The van der Waals surface area contributed by atoms with Gasteiger partial charge >= 0.3 is 0 Å². The molecule has 1 fully saturated rings. The van der Waals surface area contributed by atoms with Crippen LogP contribution >= 0.6 is 0 Å². The molecule has 1 saturated heterocycles. The SMILES string of the molecule is Cc1cc2c(cn1)CN(C(=O)c1coc(CN3CCOCC3)c1)C2. The number of furan rings is 1. The molecule has 0 aliphatic carbocycles. The largest absolute Gasteiger partial charge is 0.467 e. The van der Waals surface area contributed by atoms with E-state index >= 15 is 0 Å². The first-order valence-corrected chi connectivity index (χ1v) is 8.30. The Morgan fingerprint density at radius 2 is 2.00 bits per heavy atom. The quantitative estimate of drug-likeness (QED) is 0.863. The lowest BCUT2D eigenvalue weighted by Crippen LogP contribution is -2.35. The Balaban J connectivity index is 1.42. The van der Waals surface area contributed by atoms with Crippen LogP contribution in [0.15, 0.2) is 29.0 Å². The van der Waals surface area contributed by atoms with Gasteiger partial charge in [0.05, 0.1) is 25.3 Å². The van der Waals surface area contributed by atoms with E-state index in [1.807, 2.05) is 24.1 Å². The van der Waals surface area contributed by atoms with Gasteiger partial charge in [0.2, 0.25) is 0 Å². The summed E-state index contributed by atoms with van der Waals surface area (Å²) in [5, 5.41) is 0. The predicted octanol–water partition coefficient (Wildman–Crippen LogP) is 1.97. The van der Waals surface area contributed by atoms with Gasteiger partial charge in [-0.05, 0) is 30.2 Å². The van der Waals surface area contributed by atoms with E-state index in [-0.39, 0.29) is 5.91 Å². The minimum atomic E-state index is 0.0147. The van der Waals surface area contributed by atoms with Crippen LogP contribution in [-0.2, 0) is 24.4 Å². The number of amides is 1. The van der Waals surface area contributed by atoms with Crippen LogP contribution in [0.1, 0.15) is 32.9 Å². The van der Waals surface area contributed by atoms with Gasteiger partial charge in [-0.2, -0.15) is 0 Å². The van der Waals surface area contributed by atoms with Gasteiger partial charge in [-0.15, -0.1) is 0 Å². The molecular formula is C18H21N3O3. The Hall–Kier alpha value is -2.18. The first-order chi connectivity index (χ1) is 11.7. The second-order valence-corrected chi connectivity index (χ2v) is 6.45. The summed E-state index contributed by atoms with van der Waals surface area (Å²) in [4.78, 5) is 21.1. The standard InChI is InChI=1S/C18H21N3O3/c1-13-6-14-9-21(10-16(14)8-19-13)18(22)15-7-17(24-12-15)11-20-2-4-23-5-3-20/h6-8,12H,2-5,9-11H2,1H3. The highest BCUT2D eigenvalue weighted by Gasteiger charge is 2.26. The molecule has 2 aromatic rings. The number of rotatable bonds is 3. The van der Waals surface area contributed by atoms with Crippen LogP contribution in [-0.4, -0.2) is 47.0 Å². The van der Waals surface area contributed by atoms with Crippen LogP contribution in [0, 0.1) is 6.92 Å². The number of aromatic nitrogens is 1. The van der Waals surface area contributed by atoms with Crippen molar-refractivity contribution in [3.8, 4) is 0 Å². The molecule has 6 nitrogen and oxygen atoms in total. The van der Waals surface area contributed by atoms with Gasteiger partial charge in [-0.25, -0.2) is 0 Å². The molecule has 2 aromatic heterocycles. The van der Waals surface area contributed by atoms with Crippen molar-refractivity contribution >= 4 is 5.91 Å². The molecule has 2 aliphatic rings. The summed E-state index contributed by atoms with van der Waals surface area (Å²) in [5.74, 6) is 0.843. The average molecular weight is 327 g/mol. The van der Waals surface area contributed by atoms with Crippen LogP contribution in [0.5, 0.6) is 0 Å². The van der Waals surface area contributed by atoms with Crippen molar-refractivity contribution in [3.63, 3.8) is 0 Å². The summed E-state index contributed by atoms with van der Waals surface area (Å²) in [6, 6.07) is 3.92. The Kier molecular flexibility index (Phi) is 4.08. The molecule has 4 heterocycles. The van der Waals surface area contributed by atoms with Crippen molar-refractivity contribution < 1.29 is 13.9 Å². The molecule has 0 saturated carbocycles. The lowest BCUT2D eigenvalue weighted by molar-refractivity contribution is 0.0313. The fraction of sp³-hybridized carbons (Fsp3) is 0.444. The monoisotopic (exact) mass is 327 g/mol. The Morgan fingerprint density at radius 1 is 1.21 bits per heavy atom. The van der Waals surface area contributed by atoms with Crippen LogP contribution in [0.25, 0.3) is 0 Å². The number of morpholine rings is 1. The zero-order chi connectivity index (χ0) is 16.5. The lowest BCUT2D eigenvalue weighted by atomic mass is 10.2. The third-order valence-corrected chi connectivity index (χ3v) is 4.61. The maximum absolute atomic E-state index is 12.7. The van der Waals surface area contributed by atoms with Gasteiger partial charge in [-0.1, -0.05) is 0 Å². The second-order valence-electron chi connectivity index (χ2n) is 6.45. The first-order valence-electron chi connectivity index (χ1n) is 8.30. The fourth-order valence-corrected chi connectivity index (χ4v) is 3.28. The predicted molar refractivity (Wildman–Crippen MR) is 87.4 cm³/mol. The topological polar surface area (TPSA) is 58.8 Å². The van der Waals surface area contributed by atoms with E-state index in [1.165, 1.54) is 5.56 Å². The van der Waals surface area contributed by atoms with Crippen molar-refractivity contribution in [2.75, 3.05) is 26.3 Å². The highest BCUT2D eigenvalue weighted by molar-refractivity contribution is 5.94. The van der Waals surface area contributed by atoms with Crippen molar-refractivity contribution in [1.82, 2.24) is 14.8 Å². The molecule has 24 heavy (non-hydrogen) atoms. The van der Waals surface area contributed by atoms with E-state index in [2.05, 4.69) is 16.0 Å². The molecular weight excluding hydrogens is 306 g/mol. The third kappa shape index (κ3) is 3.07. The lowest BCUT2D eigenvalue weighted by Gasteiger charge is -2.25. The molecule has 0 bridgehead atoms. The summed E-state index contributed by atoms with van der Waals surface area (Å²) in [5.41, 5.74) is 3.92. The van der Waals surface area contributed by atoms with Gasteiger partial charge in [0.25, 0.3) is 5.91 Å². The average Bonchev–Trinajstić information content (AvgIpc) is 3.21. The Morgan fingerprint density at radius 3 is 2.83 bits per heavy atom. The number of hydrogen-bond donors (Lipinski definition) is 0. The number of aryl methyl sites for hydroxylation is 1. The number of carbonyl (C=O) groups excluding carboxylic acids is 1. The number of hydrogen-bond acceptors (Lipinski definition) is 5. The highest BCUT2D eigenvalue weighted by Crippen LogP contribution is 2.25. The molecule has 0 unspecified atom stereocenters. The van der Waals surface area contributed by atoms with Gasteiger partial charge < -0.3 is 14.1 Å². The van der Waals surface area contributed by atoms with E-state index in [4.69, 9.17) is 9.15 Å². The first kappa shape index (κ1) is 15.4. The smallest absolute Gasteiger partial charge is 0.257 e. The van der Waals surface area contributed by atoms with Crippen molar-refractivity contribution in [3.05, 3.63) is 52.7 Å². The summed E-state index contributed by atoms with van der Waals surface area (Å²) < 4.78 is 11.0. The number of ether oxygens (including phenoxy) is 1. The molecule has 0 radical (unpaired) electrons. The molecule has 6 heteroatoms. The van der Waals surface area contributed by atoms with Crippen molar-refractivity contribution in [1.29, 1.82) is 0 Å². The summed E-state index contributed by atoms with van der Waals surface area (Å²) in [6.07, 6.45) is 3.45. The summed E-state index contributed by atoms with van der Waals surface area (Å²) in [7, 11) is 0. The molecule has 0 spiro atoms. The van der Waals surface area contributed by atoms with E-state index in [9.17, 15) is 4.79 Å². The summed E-state index contributed by atoms with van der Waals surface area (Å²) in [6.45, 7) is 7.26. The number of pyridine rings is 1. The van der Waals surface area contributed by atoms with Gasteiger partial charge in [0.1, 0.15) is 12.0 Å². The maximum atomic E-state index is 12.7. The minimum absolute atomic E-state index is 0.0147. The van der Waals surface area contributed by atoms with Crippen molar-refractivity contribution in [2.45, 2.75) is 26.6 Å². The highest BCUT2D eigenvalue weighted by atomic mass is 16.5. The number of nitrogens with zero attached hydrogens (tertiary/aromatic N) is 3. The number of fused-ring (bicyclic) bond motifs is 1. The maximum Gasteiger partial charge on any atom is 0.257 e. The molecule has 0 N–H and O–H groups in total. The molecule has 126 valence electrons. The van der Waals surface area contributed by atoms with Crippen LogP contribution in [0.4, 0.5) is 0 Å². The third-order valence-electron chi connectivity index (χ3n) is 4.61. The number of carbonyl (C=O) groups is 1. The zero-order valence-electron chi connectivity index (χ0n) is 13.8. The molecule has 2 aliphatic heterocycles. The molecule has 0 atom stereocenters. The van der Waals surface area contributed by atoms with Crippen molar-refractivity contribution in [2.24, 2.45) is 0 Å². The Bertz CT molecular complexity index is 750. The van der Waals surface area contributed by atoms with E-state index in [0.717, 1.165) is 49.9 Å². The molecule has 1 amide bonds. The normalized spacial score (nSPS) is 18.0. The van der Waals surface area contributed by atoms with E-state index < -0.39 is 0 Å². The molecule has 4 rings (SSSR count). The van der Waals surface area contributed by atoms with Gasteiger partial charge in [-0.3, -0.25) is 14.7 Å². The van der Waals surface area contributed by atoms with Crippen LogP contribution in [0.2, 0.25) is 0 Å². The Labute approximate surface area is 141 Å². The zero-order valence-corrected chi connectivity index (χ0v) is 13.8. The van der Waals surface area contributed by atoms with Gasteiger partial charge in [0, 0.05) is 38.1 Å². The minimum Gasteiger partial charge on any atom is -0.467 e.